The fourth-order valence-electron chi connectivity index (χ4n) is 5.80. The second-order valence-electron chi connectivity index (χ2n) is 16.0. The van der Waals surface area contributed by atoms with Crippen LogP contribution in [0.4, 0.5) is 14.4 Å². The third-order valence-corrected chi connectivity index (χ3v) is 7.74. The fraction of sp³-hybridized carbons (Fsp3) is 0.879. The molecule has 0 aromatic rings. The molecule has 48 heavy (non-hydrogen) atoms. The standard InChI is InChI=1S/C33H60N4O11/c1-18-15-20(35-29(42)47-32(6,7)8)16-21(36-26(40)22(38)13-14-34-28(41)46-31(3,4)5)25(18)45-27-24(39)23(19(2)17-44-27)37(12)30(43)48-33(9,10)11/h18-25,27,38-39H,13-17H2,1-12H3,(H,34,41)(H,35,42)(H,36,40). The minimum Gasteiger partial charge on any atom is -0.444 e. The molecule has 5 N–H and O–H groups in total. The first kappa shape index (κ1) is 41.3. The monoisotopic (exact) mass is 688 g/mol. The first-order valence-corrected chi connectivity index (χ1v) is 16.7. The predicted molar refractivity (Wildman–Crippen MR) is 176 cm³/mol. The Bertz CT molecular complexity index is 1100. The Kier molecular flexibility index (Phi) is 14.4. The molecule has 1 aliphatic heterocycles. The molecular formula is C33H60N4O11. The van der Waals surface area contributed by atoms with Crippen molar-refractivity contribution in [2.75, 3.05) is 20.2 Å². The van der Waals surface area contributed by atoms with Gasteiger partial charge in [-0.3, -0.25) is 4.79 Å². The zero-order chi connectivity index (χ0) is 36.8. The minimum atomic E-state index is -1.47. The van der Waals surface area contributed by atoms with Crippen molar-refractivity contribution in [3.63, 3.8) is 0 Å². The van der Waals surface area contributed by atoms with Gasteiger partial charge in [-0.1, -0.05) is 13.8 Å². The van der Waals surface area contributed by atoms with Gasteiger partial charge in [0.2, 0.25) is 5.91 Å². The van der Waals surface area contributed by atoms with E-state index in [0.717, 1.165) is 0 Å². The molecule has 1 heterocycles. The van der Waals surface area contributed by atoms with Crippen molar-refractivity contribution in [3.8, 4) is 0 Å². The summed E-state index contributed by atoms with van der Waals surface area (Å²) >= 11 is 0. The quantitative estimate of drug-likeness (QED) is 0.224. The lowest BCUT2D eigenvalue weighted by Gasteiger charge is -2.47. The van der Waals surface area contributed by atoms with Gasteiger partial charge in [0.1, 0.15) is 29.0 Å². The maximum atomic E-state index is 13.2. The van der Waals surface area contributed by atoms with Crippen LogP contribution in [-0.4, -0.2) is 119 Å². The average molecular weight is 689 g/mol. The van der Waals surface area contributed by atoms with Crippen LogP contribution >= 0.6 is 0 Å². The number of carbonyl (C=O) groups is 4. The number of ether oxygens (including phenoxy) is 5. The summed E-state index contributed by atoms with van der Waals surface area (Å²) in [6.45, 7) is 19.6. The molecule has 278 valence electrons. The number of likely N-dealkylation sites (N-methyl/N-ethyl adjacent to an activating group) is 1. The molecule has 0 bridgehead atoms. The van der Waals surface area contributed by atoms with Crippen molar-refractivity contribution in [1.82, 2.24) is 20.9 Å². The van der Waals surface area contributed by atoms with Crippen LogP contribution in [0.25, 0.3) is 0 Å². The third-order valence-electron chi connectivity index (χ3n) is 7.74. The number of alkyl carbamates (subject to hydrolysis) is 2. The van der Waals surface area contributed by atoms with Crippen LogP contribution in [0, 0.1) is 11.8 Å². The fourth-order valence-corrected chi connectivity index (χ4v) is 5.80. The number of hydrogen-bond acceptors (Lipinski definition) is 11. The molecular weight excluding hydrogens is 628 g/mol. The number of aliphatic hydroxyl groups is 2. The van der Waals surface area contributed by atoms with Gasteiger partial charge in [0.25, 0.3) is 0 Å². The number of rotatable bonds is 9. The highest BCUT2D eigenvalue weighted by atomic mass is 16.7. The summed E-state index contributed by atoms with van der Waals surface area (Å²) in [6, 6.07) is -1.83. The van der Waals surface area contributed by atoms with E-state index in [9.17, 15) is 29.4 Å². The van der Waals surface area contributed by atoms with E-state index in [-0.39, 0.29) is 37.8 Å². The molecule has 1 saturated carbocycles. The predicted octanol–water partition coefficient (Wildman–Crippen LogP) is 3.04. The zero-order valence-corrected chi connectivity index (χ0v) is 30.7. The van der Waals surface area contributed by atoms with Gasteiger partial charge in [0.15, 0.2) is 6.29 Å². The maximum absolute atomic E-state index is 13.2. The van der Waals surface area contributed by atoms with Crippen molar-refractivity contribution in [1.29, 1.82) is 0 Å². The molecule has 15 heteroatoms. The van der Waals surface area contributed by atoms with E-state index in [1.54, 1.807) is 69.4 Å². The van der Waals surface area contributed by atoms with Crippen LogP contribution in [0.1, 0.15) is 95.4 Å². The van der Waals surface area contributed by atoms with Crippen LogP contribution in [0.3, 0.4) is 0 Å². The molecule has 15 nitrogen and oxygen atoms in total. The molecule has 1 aliphatic carbocycles. The molecule has 0 spiro atoms. The molecule has 2 fully saturated rings. The Hall–Kier alpha value is -2.88. The number of aliphatic hydroxyl groups excluding tert-OH is 2. The summed E-state index contributed by atoms with van der Waals surface area (Å²) in [4.78, 5) is 52.0. The molecule has 4 amide bonds. The molecule has 2 aliphatic rings. The Morgan fingerprint density at radius 3 is 1.98 bits per heavy atom. The van der Waals surface area contributed by atoms with Gasteiger partial charge in [-0.05, 0) is 87.5 Å². The van der Waals surface area contributed by atoms with Crippen molar-refractivity contribution < 1.29 is 53.1 Å². The molecule has 1 saturated heterocycles. The van der Waals surface area contributed by atoms with Gasteiger partial charge < -0.3 is 54.7 Å². The van der Waals surface area contributed by atoms with E-state index in [4.69, 9.17) is 23.7 Å². The smallest absolute Gasteiger partial charge is 0.410 e. The summed E-state index contributed by atoms with van der Waals surface area (Å²) < 4.78 is 28.4. The molecule has 9 unspecified atom stereocenters. The lowest BCUT2D eigenvalue weighted by molar-refractivity contribution is -0.271. The number of nitrogens with zero attached hydrogens (tertiary/aromatic N) is 1. The normalized spacial score (nSPS) is 28.8. The number of carbonyl (C=O) groups excluding carboxylic acids is 4. The molecule has 0 aromatic carbocycles. The summed E-state index contributed by atoms with van der Waals surface area (Å²) in [5.41, 5.74) is -2.14. The Morgan fingerprint density at radius 2 is 1.42 bits per heavy atom. The molecule has 2 rings (SSSR count). The van der Waals surface area contributed by atoms with Crippen LogP contribution in [0.15, 0.2) is 0 Å². The third kappa shape index (κ3) is 13.6. The maximum Gasteiger partial charge on any atom is 0.410 e. The summed E-state index contributed by atoms with van der Waals surface area (Å²) in [5.74, 6) is -1.22. The first-order chi connectivity index (χ1) is 21.9. The molecule has 0 aromatic heterocycles. The van der Waals surface area contributed by atoms with Crippen molar-refractivity contribution >= 4 is 24.2 Å². The highest BCUT2D eigenvalue weighted by Crippen LogP contribution is 2.33. The van der Waals surface area contributed by atoms with Crippen molar-refractivity contribution in [2.45, 2.75) is 155 Å². The Balaban J connectivity index is 2.21. The minimum absolute atomic E-state index is 0.0137. The molecule has 9 atom stereocenters. The number of amides is 4. The van der Waals surface area contributed by atoms with Gasteiger partial charge in [0.05, 0.1) is 24.8 Å². The van der Waals surface area contributed by atoms with E-state index in [1.165, 1.54) is 4.90 Å². The van der Waals surface area contributed by atoms with Gasteiger partial charge in [-0.25, -0.2) is 14.4 Å². The number of nitrogens with one attached hydrogen (secondary N) is 3. The lowest BCUT2D eigenvalue weighted by Crippen LogP contribution is -2.62. The van der Waals surface area contributed by atoms with E-state index in [1.807, 2.05) is 13.8 Å². The lowest BCUT2D eigenvalue weighted by atomic mass is 9.80. The highest BCUT2D eigenvalue weighted by molar-refractivity contribution is 5.81. The van der Waals surface area contributed by atoms with Crippen LogP contribution in [-0.2, 0) is 28.5 Å². The molecule has 0 radical (unpaired) electrons. The van der Waals surface area contributed by atoms with Gasteiger partial charge >= 0.3 is 18.3 Å². The van der Waals surface area contributed by atoms with Crippen molar-refractivity contribution in [3.05, 3.63) is 0 Å². The summed E-state index contributed by atoms with van der Waals surface area (Å²) in [5, 5.41) is 30.3. The first-order valence-electron chi connectivity index (χ1n) is 16.7. The van der Waals surface area contributed by atoms with E-state index in [0.29, 0.717) is 6.42 Å². The van der Waals surface area contributed by atoms with Crippen molar-refractivity contribution in [2.24, 2.45) is 11.8 Å². The second kappa shape index (κ2) is 16.7. The summed E-state index contributed by atoms with van der Waals surface area (Å²) in [6.07, 6.45) is -5.86. The Morgan fingerprint density at radius 1 is 0.854 bits per heavy atom. The van der Waals surface area contributed by atoms with E-state index >= 15 is 0 Å². The average Bonchev–Trinajstić information content (AvgIpc) is 2.88. The van der Waals surface area contributed by atoms with E-state index < -0.39 is 83.7 Å². The van der Waals surface area contributed by atoms with Gasteiger partial charge in [-0.2, -0.15) is 0 Å². The summed E-state index contributed by atoms with van der Waals surface area (Å²) in [7, 11) is 1.55. The van der Waals surface area contributed by atoms with Crippen LogP contribution in [0.2, 0.25) is 0 Å². The SMILES string of the molecule is CC1CC(NC(=O)OC(C)(C)C)CC(NC(=O)C(O)CCNC(=O)OC(C)(C)C)C1OC1OCC(C)C(N(C)C(=O)OC(C)(C)C)C1O. The largest absolute Gasteiger partial charge is 0.444 e. The Labute approximate surface area is 285 Å². The second-order valence-corrected chi connectivity index (χ2v) is 16.0. The van der Waals surface area contributed by atoms with Crippen LogP contribution in [0.5, 0.6) is 0 Å². The van der Waals surface area contributed by atoms with Gasteiger partial charge in [-0.15, -0.1) is 0 Å². The zero-order valence-electron chi connectivity index (χ0n) is 30.7. The van der Waals surface area contributed by atoms with E-state index in [2.05, 4.69) is 16.0 Å². The van der Waals surface area contributed by atoms with Gasteiger partial charge in [0, 0.05) is 25.6 Å². The number of hydrogen-bond donors (Lipinski definition) is 5. The highest BCUT2D eigenvalue weighted by Gasteiger charge is 2.47. The topological polar surface area (TPSA) is 194 Å². The van der Waals surface area contributed by atoms with Crippen LogP contribution < -0.4 is 16.0 Å².